The average molecular weight is 296 g/mol. The van der Waals surface area contributed by atoms with Gasteiger partial charge in [-0.05, 0) is 43.9 Å². The quantitative estimate of drug-likeness (QED) is 0.811. The van der Waals surface area contributed by atoms with Gasteiger partial charge in [0.2, 0.25) is 0 Å². The van der Waals surface area contributed by atoms with Gasteiger partial charge in [-0.3, -0.25) is 4.79 Å². The minimum Gasteiger partial charge on any atom is -0.478 e. The van der Waals surface area contributed by atoms with Crippen LogP contribution >= 0.6 is 0 Å². The molecule has 0 saturated carbocycles. The van der Waals surface area contributed by atoms with Crippen molar-refractivity contribution in [3.05, 3.63) is 29.6 Å². The monoisotopic (exact) mass is 296 g/mol. The van der Waals surface area contributed by atoms with Crippen LogP contribution in [-0.4, -0.2) is 24.6 Å². The van der Waals surface area contributed by atoms with Crippen molar-refractivity contribution in [2.24, 2.45) is 11.7 Å². The number of hydrogen-bond acceptors (Lipinski definition) is 3. The molecule has 2 atom stereocenters. The molecule has 1 rings (SSSR count). The predicted molar refractivity (Wildman–Crippen MR) is 81.7 cm³/mol. The molecule has 0 heterocycles. The maximum absolute atomic E-state index is 13.9. The number of ether oxygens (including phenoxy) is 1. The molecule has 0 aliphatic carbocycles. The smallest absolute Gasteiger partial charge is 0.260 e. The molecule has 2 unspecified atom stereocenters. The third-order valence-electron chi connectivity index (χ3n) is 2.91. The largest absolute Gasteiger partial charge is 0.478 e. The first-order chi connectivity index (χ1) is 9.79. The Bertz CT molecular complexity index is 475. The van der Waals surface area contributed by atoms with E-state index in [2.05, 4.69) is 5.32 Å². The van der Waals surface area contributed by atoms with Gasteiger partial charge in [0.05, 0.1) is 0 Å². The van der Waals surface area contributed by atoms with Gasteiger partial charge in [0.25, 0.3) is 5.91 Å². The maximum atomic E-state index is 13.9. The Hall–Kier alpha value is -1.62. The number of carbonyl (C=O) groups is 1. The second-order valence-electron chi connectivity index (χ2n) is 5.85. The van der Waals surface area contributed by atoms with Gasteiger partial charge in [-0.2, -0.15) is 0 Å². The van der Waals surface area contributed by atoms with E-state index < -0.39 is 11.9 Å². The molecule has 1 amide bonds. The highest BCUT2D eigenvalue weighted by Crippen LogP contribution is 2.20. The first-order valence-electron chi connectivity index (χ1n) is 7.28. The molecule has 0 aliphatic heterocycles. The van der Waals surface area contributed by atoms with E-state index >= 15 is 0 Å². The summed E-state index contributed by atoms with van der Waals surface area (Å²) in [7, 11) is 0. The number of carbonyl (C=O) groups excluding carboxylic acids is 1. The molecule has 4 nitrogen and oxygen atoms in total. The molecular weight excluding hydrogens is 271 g/mol. The van der Waals surface area contributed by atoms with Crippen molar-refractivity contribution in [1.82, 2.24) is 5.32 Å². The molecule has 1 aromatic rings. The van der Waals surface area contributed by atoms with Crippen molar-refractivity contribution in [3.8, 4) is 5.75 Å². The van der Waals surface area contributed by atoms with Gasteiger partial charge >= 0.3 is 0 Å². The van der Waals surface area contributed by atoms with E-state index in [1.54, 1.807) is 19.1 Å². The zero-order valence-corrected chi connectivity index (χ0v) is 13.2. The van der Waals surface area contributed by atoms with Crippen LogP contribution in [0.2, 0.25) is 0 Å². The molecule has 3 N–H and O–H groups in total. The Morgan fingerprint density at radius 3 is 2.52 bits per heavy atom. The molecule has 0 saturated heterocycles. The highest BCUT2D eigenvalue weighted by atomic mass is 19.1. The fourth-order valence-corrected chi connectivity index (χ4v) is 1.83. The SMILES string of the molecule is CC(C)CNC(=O)C(C)Oc1ccc(CC(C)N)cc1F. The van der Waals surface area contributed by atoms with E-state index in [9.17, 15) is 9.18 Å². The number of rotatable bonds is 7. The van der Waals surface area contributed by atoms with Crippen LogP contribution in [0.3, 0.4) is 0 Å². The van der Waals surface area contributed by atoms with Crippen molar-refractivity contribution in [2.75, 3.05) is 6.54 Å². The van der Waals surface area contributed by atoms with E-state index in [1.165, 1.54) is 6.07 Å². The molecule has 0 aromatic heterocycles. The predicted octanol–water partition coefficient (Wildman–Crippen LogP) is 2.25. The van der Waals surface area contributed by atoms with Gasteiger partial charge in [-0.15, -0.1) is 0 Å². The Morgan fingerprint density at radius 2 is 2.00 bits per heavy atom. The second kappa shape index (κ2) is 7.98. The van der Waals surface area contributed by atoms with Gasteiger partial charge in [0, 0.05) is 12.6 Å². The Balaban J connectivity index is 2.63. The summed E-state index contributed by atoms with van der Waals surface area (Å²) < 4.78 is 19.3. The lowest BCUT2D eigenvalue weighted by Gasteiger charge is -2.16. The minimum absolute atomic E-state index is 0.0306. The van der Waals surface area contributed by atoms with Crippen LogP contribution in [0.5, 0.6) is 5.75 Å². The van der Waals surface area contributed by atoms with Crippen molar-refractivity contribution in [1.29, 1.82) is 0 Å². The third kappa shape index (κ3) is 6.12. The number of amides is 1. The lowest BCUT2D eigenvalue weighted by molar-refractivity contribution is -0.127. The number of hydrogen-bond donors (Lipinski definition) is 2. The summed E-state index contributed by atoms with van der Waals surface area (Å²) in [6.45, 7) is 8.04. The topological polar surface area (TPSA) is 64.3 Å². The van der Waals surface area contributed by atoms with Crippen LogP contribution in [0.4, 0.5) is 4.39 Å². The van der Waals surface area contributed by atoms with Crippen molar-refractivity contribution in [2.45, 2.75) is 46.3 Å². The zero-order chi connectivity index (χ0) is 16.0. The highest BCUT2D eigenvalue weighted by Gasteiger charge is 2.16. The fourth-order valence-electron chi connectivity index (χ4n) is 1.83. The molecule has 0 bridgehead atoms. The average Bonchev–Trinajstić information content (AvgIpc) is 2.38. The summed E-state index contributed by atoms with van der Waals surface area (Å²) in [6, 6.07) is 4.67. The Kier molecular flexibility index (Phi) is 6.62. The number of benzene rings is 1. The molecular formula is C16H25FN2O2. The van der Waals surface area contributed by atoms with Gasteiger partial charge in [-0.25, -0.2) is 4.39 Å². The van der Waals surface area contributed by atoms with E-state index in [4.69, 9.17) is 10.5 Å². The van der Waals surface area contributed by atoms with E-state index in [-0.39, 0.29) is 17.7 Å². The third-order valence-corrected chi connectivity index (χ3v) is 2.91. The molecule has 5 heteroatoms. The summed E-state index contributed by atoms with van der Waals surface area (Å²) in [5.74, 6) is -0.287. The van der Waals surface area contributed by atoms with Crippen LogP contribution in [-0.2, 0) is 11.2 Å². The normalized spacial score (nSPS) is 13.9. The van der Waals surface area contributed by atoms with E-state index in [1.807, 2.05) is 20.8 Å². The maximum Gasteiger partial charge on any atom is 0.260 e. The first-order valence-corrected chi connectivity index (χ1v) is 7.28. The van der Waals surface area contributed by atoms with Crippen molar-refractivity contribution < 1.29 is 13.9 Å². The van der Waals surface area contributed by atoms with Crippen LogP contribution in [0.25, 0.3) is 0 Å². The fraction of sp³-hybridized carbons (Fsp3) is 0.562. The van der Waals surface area contributed by atoms with Crippen LogP contribution < -0.4 is 15.8 Å². The summed E-state index contributed by atoms with van der Waals surface area (Å²) in [5.41, 5.74) is 6.50. The standard InChI is InChI=1S/C16H25FN2O2/c1-10(2)9-19-16(20)12(4)21-15-6-5-13(7-11(3)18)8-14(15)17/h5-6,8,10-12H,7,9,18H2,1-4H3,(H,19,20). The minimum atomic E-state index is -0.738. The lowest BCUT2D eigenvalue weighted by atomic mass is 10.1. The highest BCUT2D eigenvalue weighted by molar-refractivity contribution is 5.80. The van der Waals surface area contributed by atoms with Crippen molar-refractivity contribution in [3.63, 3.8) is 0 Å². The summed E-state index contributed by atoms with van der Waals surface area (Å²) in [4.78, 5) is 11.8. The van der Waals surface area contributed by atoms with Gasteiger partial charge < -0.3 is 15.8 Å². The first kappa shape index (κ1) is 17.4. The summed E-state index contributed by atoms with van der Waals surface area (Å²) in [6.07, 6.45) is -0.140. The summed E-state index contributed by atoms with van der Waals surface area (Å²) >= 11 is 0. The number of halogens is 1. The number of nitrogens with two attached hydrogens (primary N) is 1. The Labute approximate surface area is 125 Å². The molecule has 0 radical (unpaired) electrons. The zero-order valence-electron chi connectivity index (χ0n) is 13.2. The van der Waals surface area contributed by atoms with Crippen molar-refractivity contribution >= 4 is 5.91 Å². The van der Waals surface area contributed by atoms with Crippen LogP contribution in [0.15, 0.2) is 18.2 Å². The van der Waals surface area contributed by atoms with E-state index in [0.29, 0.717) is 18.9 Å². The van der Waals surface area contributed by atoms with Crippen LogP contribution in [0, 0.1) is 11.7 Å². The van der Waals surface area contributed by atoms with Gasteiger partial charge in [-0.1, -0.05) is 19.9 Å². The Morgan fingerprint density at radius 1 is 1.33 bits per heavy atom. The van der Waals surface area contributed by atoms with Gasteiger partial charge in [0.15, 0.2) is 17.7 Å². The van der Waals surface area contributed by atoms with E-state index in [0.717, 1.165) is 5.56 Å². The molecule has 118 valence electrons. The molecule has 0 fully saturated rings. The lowest BCUT2D eigenvalue weighted by Crippen LogP contribution is -2.38. The molecule has 0 spiro atoms. The molecule has 21 heavy (non-hydrogen) atoms. The molecule has 1 aromatic carbocycles. The van der Waals surface area contributed by atoms with Crippen LogP contribution in [0.1, 0.15) is 33.3 Å². The van der Waals surface area contributed by atoms with Gasteiger partial charge in [0.1, 0.15) is 0 Å². The number of nitrogens with one attached hydrogen (secondary N) is 1. The second-order valence-corrected chi connectivity index (χ2v) is 5.85. The molecule has 0 aliphatic rings. The summed E-state index contributed by atoms with van der Waals surface area (Å²) in [5, 5.41) is 2.76.